The summed E-state index contributed by atoms with van der Waals surface area (Å²) in [6.07, 6.45) is 2.00. The lowest BCUT2D eigenvalue weighted by atomic mass is 10.0. The van der Waals surface area contributed by atoms with E-state index in [9.17, 15) is 9.59 Å². The Hall–Kier alpha value is -1.26. The van der Waals surface area contributed by atoms with E-state index in [0.29, 0.717) is 12.5 Å². The van der Waals surface area contributed by atoms with Crippen LogP contribution in [0.5, 0.6) is 0 Å². The molecule has 112 valence electrons. The molecule has 0 saturated heterocycles. The number of urea groups is 1. The summed E-state index contributed by atoms with van der Waals surface area (Å²) >= 11 is 0. The summed E-state index contributed by atoms with van der Waals surface area (Å²) < 4.78 is 0. The molecule has 0 aromatic rings. The van der Waals surface area contributed by atoms with Crippen molar-refractivity contribution in [1.82, 2.24) is 10.2 Å². The Kier molecular flexibility index (Phi) is 8.19. The van der Waals surface area contributed by atoms with Gasteiger partial charge >= 0.3 is 12.0 Å². The van der Waals surface area contributed by atoms with E-state index in [1.807, 2.05) is 13.8 Å². The molecule has 0 aliphatic carbocycles. The molecule has 2 amide bonds. The first-order valence-corrected chi connectivity index (χ1v) is 7.10. The topological polar surface area (TPSA) is 69.6 Å². The van der Waals surface area contributed by atoms with E-state index in [1.54, 1.807) is 11.8 Å². The molecule has 0 fully saturated rings. The number of hydrogen-bond acceptors (Lipinski definition) is 2. The molecule has 3 unspecified atom stereocenters. The van der Waals surface area contributed by atoms with Crippen molar-refractivity contribution in [2.45, 2.75) is 66.0 Å². The number of hydrogen-bond donors (Lipinski definition) is 2. The maximum atomic E-state index is 12.1. The van der Waals surface area contributed by atoms with E-state index >= 15 is 0 Å². The second-order valence-corrected chi connectivity index (χ2v) is 5.33. The molecule has 5 heteroatoms. The fraction of sp³-hybridized carbons (Fsp3) is 0.857. The molecule has 0 spiro atoms. The van der Waals surface area contributed by atoms with Gasteiger partial charge in [-0.25, -0.2) is 4.79 Å². The average Bonchev–Trinajstić information content (AvgIpc) is 2.28. The molecule has 0 aromatic carbocycles. The van der Waals surface area contributed by atoms with Crippen LogP contribution in [0.4, 0.5) is 4.79 Å². The van der Waals surface area contributed by atoms with Crippen LogP contribution in [0.25, 0.3) is 0 Å². The van der Waals surface area contributed by atoms with Crippen LogP contribution in [-0.2, 0) is 4.79 Å². The largest absolute Gasteiger partial charge is 0.481 e. The Bertz CT molecular complexity index is 294. The monoisotopic (exact) mass is 272 g/mol. The number of carbonyl (C=O) groups excluding carboxylic acids is 1. The minimum atomic E-state index is -0.883. The van der Waals surface area contributed by atoms with Gasteiger partial charge < -0.3 is 15.3 Å². The normalized spacial score (nSPS) is 15.4. The molecular formula is C14H28N2O3. The first kappa shape index (κ1) is 17.7. The highest BCUT2D eigenvalue weighted by Crippen LogP contribution is 2.10. The van der Waals surface area contributed by atoms with Gasteiger partial charge in [-0.2, -0.15) is 0 Å². The van der Waals surface area contributed by atoms with Crippen molar-refractivity contribution in [3.8, 4) is 0 Å². The lowest BCUT2D eigenvalue weighted by Gasteiger charge is -2.29. The second kappa shape index (κ2) is 8.77. The third kappa shape index (κ3) is 7.03. The number of nitrogens with zero attached hydrogens (tertiary/aromatic N) is 1. The van der Waals surface area contributed by atoms with Crippen LogP contribution in [0.3, 0.4) is 0 Å². The van der Waals surface area contributed by atoms with Crippen molar-refractivity contribution in [1.29, 1.82) is 0 Å². The zero-order valence-corrected chi connectivity index (χ0v) is 12.8. The smallest absolute Gasteiger partial charge is 0.317 e. The Morgan fingerprint density at radius 3 is 2.21 bits per heavy atom. The molecular weight excluding hydrogens is 244 g/mol. The molecule has 19 heavy (non-hydrogen) atoms. The van der Waals surface area contributed by atoms with Crippen LogP contribution in [0.2, 0.25) is 0 Å². The predicted molar refractivity (Wildman–Crippen MR) is 76.2 cm³/mol. The molecule has 0 heterocycles. The minimum absolute atomic E-state index is 0.0268. The zero-order valence-electron chi connectivity index (χ0n) is 12.8. The van der Waals surface area contributed by atoms with E-state index in [1.165, 1.54) is 0 Å². The Labute approximate surface area is 116 Å². The van der Waals surface area contributed by atoms with Gasteiger partial charge in [0.25, 0.3) is 0 Å². The van der Waals surface area contributed by atoms with Gasteiger partial charge in [-0.15, -0.1) is 0 Å². The summed E-state index contributed by atoms with van der Waals surface area (Å²) in [5.41, 5.74) is 0. The summed E-state index contributed by atoms with van der Waals surface area (Å²) in [5, 5.41) is 11.7. The average molecular weight is 272 g/mol. The number of nitrogens with one attached hydrogen (secondary N) is 1. The minimum Gasteiger partial charge on any atom is -0.481 e. The molecule has 0 radical (unpaired) electrons. The third-order valence-corrected chi connectivity index (χ3v) is 3.43. The number of rotatable bonds is 8. The van der Waals surface area contributed by atoms with Gasteiger partial charge in [-0.3, -0.25) is 4.79 Å². The highest BCUT2D eigenvalue weighted by atomic mass is 16.4. The lowest BCUT2D eigenvalue weighted by molar-refractivity contribution is -0.138. The molecule has 0 aliphatic rings. The Morgan fingerprint density at radius 1 is 1.21 bits per heavy atom. The van der Waals surface area contributed by atoms with Gasteiger partial charge in [0, 0.05) is 18.6 Å². The van der Waals surface area contributed by atoms with E-state index in [0.717, 1.165) is 12.8 Å². The van der Waals surface area contributed by atoms with Crippen LogP contribution in [0.15, 0.2) is 0 Å². The van der Waals surface area contributed by atoms with Gasteiger partial charge in [-0.1, -0.05) is 20.3 Å². The third-order valence-electron chi connectivity index (χ3n) is 3.43. The van der Waals surface area contributed by atoms with Gasteiger partial charge in [0.1, 0.15) is 0 Å². The Balaban J connectivity index is 4.38. The summed E-state index contributed by atoms with van der Waals surface area (Å²) in [7, 11) is 0. The van der Waals surface area contributed by atoms with Crippen molar-refractivity contribution in [3.63, 3.8) is 0 Å². The first-order valence-electron chi connectivity index (χ1n) is 7.10. The van der Waals surface area contributed by atoms with Gasteiger partial charge in [0.2, 0.25) is 0 Å². The SMILES string of the molecule is CCC(C)CC(C)NC(=O)N(CC)C(C)CC(=O)O. The highest BCUT2D eigenvalue weighted by molar-refractivity contribution is 5.76. The summed E-state index contributed by atoms with van der Waals surface area (Å²) in [4.78, 5) is 24.4. The highest BCUT2D eigenvalue weighted by Gasteiger charge is 2.22. The van der Waals surface area contributed by atoms with Crippen LogP contribution < -0.4 is 5.32 Å². The van der Waals surface area contributed by atoms with Gasteiger partial charge in [-0.05, 0) is 33.1 Å². The molecule has 0 bridgehead atoms. The van der Waals surface area contributed by atoms with Crippen molar-refractivity contribution in [2.75, 3.05) is 6.54 Å². The molecule has 5 nitrogen and oxygen atoms in total. The quantitative estimate of drug-likeness (QED) is 0.713. The van der Waals surface area contributed by atoms with Crippen molar-refractivity contribution in [2.24, 2.45) is 5.92 Å². The Morgan fingerprint density at radius 2 is 1.79 bits per heavy atom. The molecule has 0 saturated carbocycles. The maximum absolute atomic E-state index is 12.1. The number of amides is 2. The molecule has 2 N–H and O–H groups in total. The van der Waals surface area contributed by atoms with Crippen molar-refractivity contribution in [3.05, 3.63) is 0 Å². The fourth-order valence-corrected chi connectivity index (χ4v) is 2.14. The van der Waals surface area contributed by atoms with Crippen LogP contribution >= 0.6 is 0 Å². The van der Waals surface area contributed by atoms with Crippen molar-refractivity contribution < 1.29 is 14.7 Å². The van der Waals surface area contributed by atoms with Gasteiger partial charge in [0.15, 0.2) is 0 Å². The first-order chi connectivity index (χ1) is 8.81. The summed E-state index contributed by atoms with van der Waals surface area (Å²) in [6.45, 7) is 10.4. The number of carbonyl (C=O) groups is 2. The lowest BCUT2D eigenvalue weighted by Crippen LogP contribution is -2.48. The van der Waals surface area contributed by atoms with Crippen molar-refractivity contribution >= 4 is 12.0 Å². The van der Waals surface area contributed by atoms with Crippen LogP contribution in [0, 0.1) is 5.92 Å². The van der Waals surface area contributed by atoms with Gasteiger partial charge in [0.05, 0.1) is 6.42 Å². The van der Waals surface area contributed by atoms with Crippen LogP contribution in [0.1, 0.15) is 53.9 Å². The van der Waals surface area contributed by atoms with Crippen LogP contribution in [-0.4, -0.2) is 40.6 Å². The standard InChI is InChI=1S/C14H28N2O3/c1-6-10(3)8-11(4)15-14(19)16(7-2)12(5)9-13(17)18/h10-12H,6-9H2,1-5H3,(H,15,19)(H,17,18). The second-order valence-electron chi connectivity index (χ2n) is 5.33. The molecule has 0 aromatic heterocycles. The number of aliphatic carboxylic acids is 1. The van der Waals surface area contributed by atoms with E-state index in [-0.39, 0.29) is 24.5 Å². The fourth-order valence-electron chi connectivity index (χ4n) is 2.14. The number of carboxylic acid groups (broad SMARTS) is 1. The van der Waals surface area contributed by atoms with E-state index in [2.05, 4.69) is 19.2 Å². The summed E-state index contributed by atoms with van der Waals surface area (Å²) in [6, 6.07) is -0.362. The predicted octanol–water partition coefficient (Wildman–Crippen LogP) is 2.71. The molecule has 0 rings (SSSR count). The summed E-state index contributed by atoms with van der Waals surface area (Å²) in [5.74, 6) is -0.312. The van der Waals surface area contributed by atoms with E-state index in [4.69, 9.17) is 5.11 Å². The van der Waals surface area contributed by atoms with E-state index < -0.39 is 5.97 Å². The zero-order chi connectivity index (χ0) is 15.0. The molecule has 0 aliphatic heterocycles. The maximum Gasteiger partial charge on any atom is 0.317 e. The number of carboxylic acids is 1. The molecule has 3 atom stereocenters.